The zero-order valence-corrected chi connectivity index (χ0v) is 17.6. The van der Waals surface area contributed by atoms with Crippen LogP contribution in [-0.2, 0) is 9.59 Å². The van der Waals surface area contributed by atoms with E-state index in [1.54, 1.807) is 24.3 Å². The number of carbonyl (C=O) groups is 2. The van der Waals surface area contributed by atoms with E-state index in [0.29, 0.717) is 10.0 Å². The summed E-state index contributed by atoms with van der Waals surface area (Å²) < 4.78 is 1.95. The number of amides is 2. The molecule has 2 heterocycles. The van der Waals surface area contributed by atoms with Gasteiger partial charge in [0.25, 0.3) is 11.8 Å². The van der Waals surface area contributed by atoms with E-state index in [0.717, 1.165) is 22.6 Å². The van der Waals surface area contributed by atoms with E-state index in [1.807, 2.05) is 30.5 Å². The van der Waals surface area contributed by atoms with E-state index < -0.39 is 11.8 Å². The highest BCUT2D eigenvalue weighted by Crippen LogP contribution is 2.30. The maximum absolute atomic E-state index is 12.7. The van der Waals surface area contributed by atoms with E-state index in [2.05, 4.69) is 11.9 Å². The van der Waals surface area contributed by atoms with Gasteiger partial charge in [-0.05, 0) is 62.0 Å². The van der Waals surface area contributed by atoms with Crippen molar-refractivity contribution in [3.05, 3.63) is 69.5 Å². The predicted octanol–water partition coefficient (Wildman–Crippen LogP) is 4.21. The second-order valence-corrected chi connectivity index (χ2v) is 7.51. The number of aromatic nitrogens is 1. The number of rotatable bonds is 4. The highest BCUT2D eigenvalue weighted by molar-refractivity contribution is 7.80. The zero-order valence-electron chi connectivity index (χ0n) is 15.3. The molecule has 3 rings (SSSR count). The highest BCUT2D eigenvalue weighted by atomic mass is 35.5. The number of nitrogens with one attached hydrogen (secondary N) is 1. The molecule has 28 heavy (non-hydrogen) atoms. The second-order valence-electron chi connectivity index (χ2n) is 6.28. The number of nitrogens with zero attached hydrogens (tertiary/aromatic N) is 2. The summed E-state index contributed by atoms with van der Waals surface area (Å²) >= 11 is 17.4. The van der Waals surface area contributed by atoms with E-state index in [1.165, 1.54) is 4.90 Å². The topological polar surface area (TPSA) is 54.3 Å². The van der Waals surface area contributed by atoms with Crippen molar-refractivity contribution in [1.82, 2.24) is 14.8 Å². The van der Waals surface area contributed by atoms with Crippen LogP contribution in [0.3, 0.4) is 0 Å². The minimum absolute atomic E-state index is 0.0119. The number of aryl methyl sites for hydroxylation is 1. The lowest BCUT2D eigenvalue weighted by atomic mass is 10.1. The van der Waals surface area contributed by atoms with Crippen LogP contribution in [0.15, 0.2) is 42.5 Å². The smallest absolute Gasteiger partial charge is 0.265 e. The van der Waals surface area contributed by atoms with Gasteiger partial charge >= 0.3 is 0 Å². The highest BCUT2D eigenvalue weighted by Gasteiger charge is 2.32. The molecule has 1 N–H and O–H groups in total. The largest absolute Gasteiger partial charge is 0.316 e. The molecule has 0 unspecified atom stereocenters. The number of hydrogen-bond donors (Lipinski definition) is 1. The summed E-state index contributed by atoms with van der Waals surface area (Å²) in [6.45, 7) is 7.64. The normalized spacial score (nSPS) is 15.9. The van der Waals surface area contributed by atoms with Crippen LogP contribution in [0.2, 0.25) is 10.0 Å². The molecular weight excluding hydrogens is 417 g/mol. The van der Waals surface area contributed by atoms with Crippen molar-refractivity contribution in [2.75, 3.05) is 6.54 Å². The molecule has 2 amide bonds. The Morgan fingerprint density at radius 2 is 1.93 bits per heavy atom. The summed E-state index contributed by atoms with van der Waals surface area (Å²) in [6, 6.07) is 7.14. The summed E-state index contributed by atoms with van der Waals surface area (Å²) in [7, 11) is 0. The molecule has 1 aromatic heterocycles. The van der Waals surface area contributed by atoms with Crippen LogP contribution in [0.5, 0.6) is 0 Å². The molecule has 0 aliphatic carbocycles. The van der Waals surface area contributed by atoms with Crippen LogP contribution in [-0.4, -0.2) is 32.9 Å². The molecule has 0 atom stereocenters. The third kappa shape index (κ3) is 3.63. The van der Waals surface area contributed by atoms with E-state index in [-0.39, 0.29) is 17.2 Å². The van der Waals surface area contributed by atoms with Gasteiger partial charge < -0.3 is 4.57 Å². The van der Waals surface area contributed by atoms with Gasteiger partial charge in [0.2, 0.25) is 0 Å². The molecule has 0 spiro atoms. The number of thiocarbonyl (C=S) groups is 1. The van der Waals surface area contributed by atoms with Gasteiger partial charge in [-0.15, -0.1) is 6.58 Å². The van der Waals surface area contributed by atoms with Gasteiger partial charge in [0.15, 0.2) is 5.11 Å². The van der Waals surface area contributed by atoms with Crippen LogP contribution in [0.1, 0.15) is 17.0 Å². The van der Waals surface area contributed by atoms with E-state index in [9.17, 15) is 9.59 Å². The molecule has 1 aliphatic rings. The summed E-state index contributed by atoms with van der Waals surface area (Å²) in [5.74, 6) is -0.979. The maximum Gasteiger partial charge on any atom is 0.265 e. The Labute approximate surface area is 178 Å². The van der Waals surface area contributed by atoms with E-state index >= 15 is 0 Å². The molecule has 5 nitrogen and oxygen atoms in total. The third-order valence-corrected chi connectivity index (χ3v) is 5.28. The molecule has 1 aliphatic heterocycles. The van der Waals surface area contributed by atoms with Gasteiger partial charge in [0.1, 0.15) is 5.57 Å². The minimum atomic E-state index is -0.523. The fourth-order valence-electron chi connectivity index (χ4n) is 3.11. The Morgan fingerprint density at radius 3 is 2.57 bits per heavy atom. The van der Waals surface area contributed by atoms with Gasteiger partial charge in [0, 0.05) is 23.0 Å². The molecule has 8 heteroatoms. The Hall–Kier alpha value is -2.41. The summed E-state index contributed by atoms with van der Waals surface area (Å²) in [5, 5.41) is 3.66. The van der Waals surface area contributed by atoms with Crippen LogP contribution < -0.4 is 5.32 Å². The van der Waals surface area contributed by atoms with Crippen molar-refractivity contribution in [1.29, 1.82) is 0 Å². The summed E-state index contributed by atoms with van der Waals surface area (Å²) in [5.41, 5.74) is 3.24. The minimum Gasteiger partial charge on any atom is -0.316 e. The number of carbonyl (C=O) groups excluding carboxylic acids is 2. The van der Waals surface area contributed by atoms with Crippen molar-refractivity contribution in [3.8, 4) is 5.69 Å². The fourth-order valence-corrected chi connectivity index (χ4v) is 3.85. The molecule has 1 aromatic carbocycles. The molecule has 0 saturated carbocycles. The Kier molecular flexibility index (Phi) is 5.74. The molecule has 0 bridgehead atoms. The van der Waals surface area contributed by atoms with Gasteiger partial charge in [-0.3, -0.25) is 19.8 Å². The first kappa shape index (κ1) is 20.3. The van der Waals surface area contributed by atoms with Crippen molar-refractivity contribution in [2.24, 2.45) is 0 Å². The predicted molar refractivity (Wildman–Crippen MR) is 116 cm³/mol. The lowest BCUT2D eigenvalue weighted by Crippen LogP contribution is -2.53. The average molecular weight is 434 g/mol. The van der Waals surface area contributed by atoms with Crippen molar-refractivity contribution in [3.63, 3.8) is 0 Å². The molecular formula is C20H17Cl2N3O2S. The van der Waals surface area contributed by atoms with Gasteiger partial charge in [-0.2, -0.15) is 0 Å². The Balaban J connectivity index is 2.08. The van der Waals surface area contributed by atoms with E-state index in [4.69, 9.17) is 35.4 Å². The monoisotopic (exact) mass is 433 g/mol. The number of hydrogen-bond acceptors (Lipinski definition) is 3. The first-order valence-corrected chi connectivity index (χ1v) is 9.55. The molecule has 144 valence electrons. The molecule has 1 fully saturated rings. The Bertz CT molecular complexity index is 1060. The lowest BCUT2D eigenvalue weighted by molar-refractivity contribution is -0.128. The standard InChI is InChI=1S/C20H17Cl2N3O2S/c1-4-7-24-19(27)15(18(26)23-20(24)28)9-13-8-11(2)25(12(13)3)17-6-5-14(21)10-16(17)22/h4-6,8-10H,1,7H2,2-3H3,(H,23,26,28)/b15-9+. The van der Waals surface area contributed by atoms with Crippen molar-refractivity contribution >= 4 is 58.4 Å². The summed E-state index contributed by atoms with van der Waals surface area (Å²) in [6.07, 6.45) is 3.12. The first-order valence-electron chi connectivity index (χ1n) is 8.38. The number of benzene rings is 1. The lowest BCUT2D eigenvalue weighted by Gasteiger charge is -2.27. The summed E-state index contributed by atoms with van der Waals surface area (Å²) in [4.78, 5) is 26.4. The van der Waals surface area contributed by atoms with Gasteiger partial charge in [-0.25, -0.2) is 0 Å². The maximum atomic E-state index is 12.7. The fraction of sp³-hybridized carbons (Fsp3) is 0.150. The van der Waals surface area contributed by atoms with Gasteiger partial charge in [-0.1, -0.05) is 29.3 Å². The molecule has 2 aromatic rings. The average Bonchev–Trinajstić information content (AvgIpc) is 2.89. The SMILES string of the molecule is C=CCN1C(=O)/C(=C/c2cc(C)n(-c3ccc(Cl)cc3Cl)c2C)C(=O)NC1=S. The molecule has 0 radical (unpaired) electrons. The quantitative estimate of drug-likeness (QED) is 0.340. The van der Waals surface area contributed by atoms with Crippen LogP contribution in [0, 0.1) is 13.8 Å². The second kappa shape index (κ2) is 7.91. The van der Waals surface area contributed by atoms with Crippen LogP contribution in [0.25, 0.3) is 11.8 Å². The zero-order chi connectivity index (χ0) is 20.6. The van der Waals surface area contributed by atoms with Gasteiger partial charge in [0.05, 0.1) is 10.7 Å². The third-order valence-electron chi connectivity index (χ3n) is 4.42. The van der Waals surface area contributed by atoms with Crippen molar-refractivity contribution < 1.29 is 9.59 Å². The van der Waals surface area contributed by atoms with Crippen LogP contribution in [0.4, 0.5) is 0 Å². The number of halogens is 2. The molecule has 1 saturated heterocycles. The first-order chi connectivity index (χ1) is 13.2. The Morgan fingerprint density at radius 1 is 1.21 bits per heavy atom. The van der Waals surface area contributed by atoms with Crippen molar-refractivity contribution in [2.45, 2.75) is 13.8 Å². The van der Waals surface area contributed by atoms with Crippen LogP contribution >= 0.6 is 35.4 Å².